The number of benzene rings is 1. The zero-order valence-electron chi connectivity index (χ0n) is 14.8. The summed E-state index contributed by atoms with van der Waals surface area (Å²) in [6.07, 6.45) is 1.28. The van der Waals surface area contributed by atoms with E-state index in [0.717, 1.165) is 20.7 Å². The molecule has 0 spiro atoms. The summed E-state index contributed by atoms with van der Waals surface area (Å²) < 4.78 is 26.6. The van der Waals surface area contributed by atoms with Gasteiger partial charge in [-0.05, 0) is 30.4 Å². The molecule has 1 aromatic carbocycles. The topological polar surface area (TPSA) is 92.3 Å². The lowest BCUT2D eigenvalue weighted by molar-refractivity contribution is -0.117. The Morgan fingerprint density at radius 3 is 2.56 bits per heavy atom. The van der Waals surface area contributed by atoms with Crippen LogP contribution in [0.25, 0.3) is 0 Å². The quantitative estimate of drug-likeness (QED) is 0.462. The minimum atomic E-state index is -3.77. The van der Waals surface area contributed by atoms with Gasteiger partial charge in [-0.3, -0.25) is 14.4 Å². The number of aromatic nitrogens is 2. The van der Waals surface area contributed by atoms with Crippen molar-refractivity contribution in [1.82, 2.24) is 10.2 Å². The summed E-state index contributed by atoms with van der Waals surface area (Å²) in [5.74, 6) is 0.331. The van der Waals surface area contributed by atoms with Crippen LogP contribution in [0.2, 0.25) is 10.0 Å². The number of anilines is 2. The molecule has 0 aliphatic carbocycles. The van der Waals surface area contributed by atoms with Gasteiger partial charge in [-0.1, -0.05) is 60.1 Å². The van der Waals surface area contributed by atoms with Gasteiger partial charge in [0.15, 0.2) is 4.34 Å². The number of halogens is 2. The summed E-state index contributed by atoms with van der Waals surface area (Å²) >= 11 is 14.7. The van der Waals surface area contributed by atoms with Crippen LogP contribution >= 0.6 is 46.3 Å². The van der Waals surface area contributed by atoms with Gasteiger partial charge in [-0.15, -0.1) is 10.2 Å². The summed E-state index contributed by atoms with van der Waals surface area (Å²) in [4.78, 5) is 12.8. The SMILES string of the molecule is CCSc1nnc(NC(=O)[C@@H](CC)N(c2ccc(Cl)c(Cl)c2)S(C)(=O)=O)s1. The number of thioether (sulfide) groups is 1. The Kier molecular flexibility index (Phi) is 7.75. The average molecular weight is 469 g/mol. The van der Waals surface area contributed by atoms with Crippen molar-refractivity contribution in [3.8, 4) is 0 Å². The van der Waals surface area contributed by atoms with E-state index in [-0.39, 0.29) is 17.1 Å². The first-order valence-electron chi connectivity index (χ1n) is 7.89. The molecular weight excluding hydrogens is 451 g/mol. The van der Waals surface area contributed by atoms with Crippen molar-refractivity contribution in [2.45, 2.75) is 30.6 Å². The summed E-state index contributed by atoms with van der Waals surface area (Å²) in [6, 6.07) is 3.43. The van der Waals surface area contributed by atoms with Crippen LogP contribution < -0.4 is 9.62 Å². The van der Waals surface area contributed by atoms with Crippen LogP contribution in [0.1, 0.15) is 20.3 Å². The molecule has 0 radical (unpaired) electrons. The molecule has 1 atom stereocenters. The molecule has 0 unspecified atom stereocenters. The fraction of sp³-hybridized carbons (Fsp3) is 0.400. The van der Waals surface area contributed by atoms with E-state index in [2.05, 4.69) is 15.5 Å². The lowest BCUT2D eigenvalue weighted by Crippen LogP contribution is -2.47. The third-order valence-corrected chi connectivity index (χ3v) is 7.16. The van der Waals surface area contributed by atoms with Crippen LogP contribution in [0.5, 0.6) is 0 Å². The number of hydrogen-bond donors (Lipinski definition) is 1. The zero-order chi connectivity index (χ0) is 20.2. The van der Waals surface area contributed by atoms with Gasteiger partial charge < -0.3 is 0 Å². The number of carbonyl (C=O) groups is 1. The number of amides is 1. The predicted molar refractivity (Wildman–Crippen MR) is 113 cm³/mol. The van der Waals surface area contributed by atoms with Crippen molar-refractivity contribution in [3.05, 3.63) is 28.2 Å². The molecule has 12 heteroatoms. The van der Waals surface area contributed by atoms with Crippen molar-refractivity contribution < 1.29 is 13.2 Å². The fourth-order valence-corrected chi connectivity index (χ4v) is 5.46. The second-order valence-corrected chi connectivity index (χ2v) is 10.5. The second kappa shape index (κ2) is 9.42. The molecule has 2 rings (SSSR count). The Morgan fingerprint density at radius 1 is 1.30 bits per heavy atom. The van der Waals surface area contributed by atoms with Crippen LogP contribution in [-0.4, -0.2) is 42.6 Å². The third kappa shape index (κ3) is 5.71. The summed E-state index contributed by atoms with van der Waals surface area (Å²) in [6.45, 7) is 3.71. The minimum Gasteiger partial charge on any atom is -0.299 e. The molecule has 0 bridgehead atoms. The highest BCUT2D eigenvalue weighted by Gasteiger charge is 2.32. The number of carbonyl (C=O) groups excluding carboxylic acids is 1. The summed E-state index contributed by atoms with van der Waals surface area (Å²) in [5.41, 5.74) is 0.258. The normalized spacial score (nSPS) is 12.6. The Morgan fingerprint density at radius 2 is 2.00 bits per heavy atom. The maximum atomic E-state index is 12.8. The van der Waals surface area contributed by atoms with Crippen molar-refractivity contribution in [1.29, 1.82) is 0 Å². The lowest BCUT2D eigenvalue weighted by Gasteiger charge is -2.30. The Hall–Kier alpha value is -1.07. The molecular formula is C15H18Cl2N4O3S3. The lowest BCUT2D eigenvalue weighted by atomic mass is 10.2. The molecule has 27 heavy (non-hydrogen) atoms. The van der Waals surface area contributed by atoms with Gasteiger partial charge in [0.25, 0.3) is 0 Å². The number of nitrogens with zero attached hydrogens (tertiary/aromatic N) is 3. The minimum absolute atomic E-state index is 0.198. The maximum absolute atomic E-state index is 12.8. The van der Waals surface area contributed by atoms with E-state index >= 15 is 0 Å². The van der Waals surface area contributed by atoms with Crippen molar-refractivity contribution in [2.75, 3.05) is 21.6 Å². The molecule has 0 fully saturated rings. The van der Waals surface area contributed by atoms with Crippen molar-refractivity contribution >= 4 is 73.0 Å². The molecule has 2 aromatic rings. The molecule has 0 aliphatic rings. The van der Waals surface area contributed by atoms with Gasteiger partial charge >= 0.3 is 0 Å². The summed E-state index contributed by atoms with van der Waals surface area (Å²) in [5, 5.41) is 11.3. The Labute approximate surface area is 176 Å². The molecule has 1 N–H and O–H groups in total. The highest BCUT2D eigenvalue weighted by molar-refractivity contribution is 8.01. The van der Waals surface area contributed by atoms with E-state index in [1.54, 1.807) is 6.92 Å². The monoisotopic (exact) mass is 468 g/mol. The number of rotatable bonds is 8. The van der Waals surface area contributed by atoms with Crippen molar-refractivity contribution in [3.63, 3.8) is 0 Å². The first-order valence-corrected chi connectivity index (χ1v) is 12.3. The largest absolute Gasteiger partial charge is 0.299 e. The van der Waals surface area contributed by atoms with E-state index in [4.69, 9.17) is 23.2 Å². The number of nitrogens with one attached hydrogen (secondary N) is 1. The van der Waals surface area contributed by atoms with Gasteiger partial charge in [0.05, 0.1) is 22.0 Å². The molecule has 1 aromatic heterocycles. The number of sulfonamides is 1. The van der Waals surface area contributed by atoms with E-state index < -0.39 is 22.0 Å². The molecule has 0 saturated carbocycles. The van der Waals surface area contributed by atoms with E-state index in [0.29, 0.717) is 10.2 Å². The smallest absolute Gasteiger partial charge is 0.250 e. The highest BCUT2D eigenvalue weighted by atomic mass is 35.5. The van der Waals surface area contributed by atoms with Crippen LogP contribution in [0.4, 0.5) is 10.8 Å². The van der Waals surface area contributed by atoms with E-state index in [1.807, 2.05) is 6.92 Å². The highest BCUT2D eigenvalue weighted by Crippen LogP contribution is 2.31. The Balaban J connectivity index is 2.33. The first-order chi connectivity index (χ1) is 12.7. The average Bonchev–Trinajstić information content (AvgIpc) is 3.01. The van der Waals surface area contributed by atoms with Gasteiger partial charge in [-0.2, -0.15) is 0 Å². The molecule has 0 aliphatic heterocycles. The first kappa shape index (κ1) is 22.2. The molecule has 1 amide bonds. The fourth-order valence-electron chi connectivity index (χ4n) is 2.31. The van der Waals surface area contributed by atoms with Gasteiger partial charge in [0.1, 0.15) is 6.04 Å². The van der Waals surface area contributed by atoms with Gasteiger partial charge in [-0.25, -0.2) is 8.42 Å². The number of hydrogen-bond acceptors (Lipinski definition) is 7. The Bertz CT molecular complexity index is 921. The van der Waals surface area contributed by atoms with E-state index in [9.17, 15) is 13.2 Å². The standard InChI is InChI=1S/C15H18Cl2N4O3S3/c1-4-12(13(22)18-14-19-20-15(26-14)25-5-2)21(27(3,23)24)9-6-7-10(16)11(17)8-9/h6-8,12H,4-5H2,1-3H3,(H,18,19,22)/t12-/m1/s1. The van der Waals surface area contributed by atoms with Crippen LogP contribution in [-0.2, 0) is 14.8 Å². The van der Waals surface area contributed by atoms with Crippen molar-refractivity contribution in [2.24, 2.45) is 0 Å². The van der Waals surface area contributed by atoms with Crippen LogP contribution in [0.3, 0.4) is 0 Å². The predicted octanol–water partition coefficient (Wildman–Crippen LogP) is 4.14. The molecule has 7 nitrogen and oxygen atoms in total. The van der Waals surface area contributed by atoms with Gasteiger partial charge in [0.2, 0.25) is 21.1 Å². The summed E-state index contributed by atoms with van der Waals surface area (Å²) in [7, 11) is -3.77. The molecule has 148 valence electrons. The molecule has 1 heterocycles. The van der Waals surface area contributed by atoms with E-state index in [1.165, 1.54) is 41.3 Å². The van der Waals surface area contributed by atoms with Crippen LogP contribution in [0.15, 0.2) is 22.5 Å². The van der Waals surface area contributed by atoms with Gasteiger partial charge in [0, 0.05) is 0 Å². The second-order valence-electron chi connectivity index (χ2n) is 5.38. The van der Waals surface area contributed by atoms with Crippen LogP contribution in [0, 0.1) is 0 Å². The maximum Gasteiger partial charge on any atom is 0.250 e. The molecule has 0 saturated heterocycles. The zero-order valence-corrected chi connectivity index (χ0v) is 18.7. The third-order valence-electron chi connectivity index (χ3n) is 3.39.